The molecule has 1 heterocycles. The lowest BCUT2D eigenvalue weighted by atomic mass is 10.1. The zero-order valence-electron chi connectivity index (χ0n) is 15.7. The van der Waals surface area contributed by atoms with Gasteiger partial charge in [0.1, 0.15) is 0 Å². The maximum Gasteiger partial charge on any atom is 0.193 e. The van der Waals surface area contributed by atoms with Crippen molar-refractivity contribution in [1.29, 1.82) is 0 Å². The standard InChI is InChI=1S/C19H30BrN3OS.HI/c1-3-24-16-10-13-23(14-11-16)19(21-2)22-12-6-7-15-25-18-9-5-4-8-17(18)20;/h4-5,8-9,16H,3,6-7,10-15H2,1-2H3,(H,21,22);1H. The van der Waals surface area contributed by atoms with Crippen LogP contribution < -0.4 is 5.32 Å². The Bertz CT molecular complexity index is 539. The van der Waals surface area contributed by atoms with Gasteiger partial charge in [0.25, 0.3) is 0 Å². The molecule has 2 rings (SSSR count). The molecule has 0 bridgehead atoms. The van der Waals surface area contributed by atoms with Crippen LogP contribution in [0.5, 0.6) is 0 Å². The number of hydrogen-bond donors (Lipinski definition) is 1. The first-order valence-electron chi connectivity index (χ1n) is 9.19. The first kappa shape index (κ1) is 24.0. The number of hydrogen-bond acceptors (Lipinski definition) is 3. The topological polar surface area (TPSA) is 36.9 Å². The minimum atomic E-state index is 0. The van der Waals surface area contributed by atoms with E-state index in [4.69, 9.17) is 4.74 Å². The van der Waals surface area contributed by atoms with E-state index >= 15 is 0 Å². The van der Waals surface area contributed by atoms with E-state index in [-0.39, 0.29) is 24.0 Å². The number of benzene rings is 1. The van der Waals surface area contributed by atoms with E-state index in [1.165, 1.54) is 15.8 Å². The number of aliphatic imine (C=N–C) groups is 1. The molecule has 1 saturated heterocycles. The van der Waals surface area contributed by atoms with Gasteiger partial charge in [-0.3, -0.25) is 4.99 Å². The second-order valence-electron chi connectivity index (χ2n) is 6.10. The molecule has 0 aliphatic carbocycles. The van der Waals surface area contributed by atoms with Crippen molar-refractivity contribution in [2.24, 2.45) is 4.99 Å². The highest BCUT2D eigenvalue weighted by Gasteiger charge is 2.21. The van der Waals surface area contributed by atoms with Gasteiger partial charge in [-0.2, -0.15) is 0 Å². The summed E-state index contributed by atoms with van der Waals surface area (Å²) in [6.07, 6.45) is 4.97. The maximum absolute atomic E-state index is 5.72. The number of guanidine groups is 1. The van der Waals surface area contributed by atoms with Crippen molar-refractivity contribution in [2.75, 3.05) is 39.0 Å². The Morgan fingerprint density at radius 1 is 1.31 bits per heavy atom. The van der Waals surface area contributed by atoms with Crippen molar-refractivity contribution in [1.82, 2.24) is 10.2 Å². The molecule has 1 aliphatic rings. The Kier molecular flexibility index (Phi) is 13.0. The summed E-state index contributed by atoms with van der Waals surface area (Å²) in [5.74, 6) is 2.18. The first-order chi connectivity index (χ1) is 12.2. The van der Waals surface area contributed by atoms with Crippen LogP contribution in [0.25, 0.3) is 0 Å². The lowest BCUT2D eigenvalue weighted by Gasteiger charge is -2.34. The Morgan fingerprint density at radius 2 is 2.04 bits per heavy atom. The van der Waals surface area contributed by atoms with Crippen LogP contribution in [0.15, 0.2) is 38.6 Å². The molecule has 0 unspecified atom stereocenters. The summed E-state index contributed by atoms with van der Waals surface area (Å²) in [6.45, 7) is 5.93. The largest absolute Gasteiger partial charge is 0.378 e. The number of piperidine rings is 1. The van der Waals surface area contributed by atoms with Gasteiger partial charge in [0, 0.05) is 42.7 Å². The molecule has 148 valence electrons. The normalized spacial score (nSPS) is 15.7. The average molecular weight is 556 g/mol. The number of nitrogens with zero attached hydrogens (tertiary/aromatic N) is 2. The van der Waals surface area contributed by atoms with Crippen LogP contribution >= 0.6 is 51.7 Å². The maximum atomic E-state index is 5.72. The number of halogens is 2. The van der Waals surface area contributed by atoms with Gasteiger partial charge in [-0.25, -0.2) is 0 Å². The molecular formula is C19H31BrIN3OS. The Morgan fingerprint density at radius 3 is 2.69 bits per heavy atom. The van der Waals surface area contributed by atoms with Gasteiger partial charge < -0.3 is 15.0 Å². The van der Waals surface area contributed by atoms with Gasteiger partial charge in [0.05, 0.1) is 6.10 Å². The molecule has 0 amide bonds. The predicted molar refractivity (Wildman–Crippen MR) is 127 cm³/mol. The summed E-state index contributed by atoms with van der Waals surface area (Å²) in [4.78, 5) is 8.11. The van der Waals surface area contributed by atoms with Crippen molar-refractivity contribution in [3.63, 3.8) is 0 Å². The molecule has 0 saturated carbocycles. The minimum absolute atomic E-state index is 0. The molecule has 1 aromatic carbocycles. The molecule has 0 atom stereocenters. The van der Waals surface area contributed by atoms with Crippen LogP contribution in [0, 0.1) is 0 Å². The van der Waals surface area contributed by atoms with Crippen LogP contribution in [0.4, 0.5) is 0 Å². The SMILES string of the molecule is CCOC1CCN(C(=NC)NCCCCSc2ccccc2Br)CC1.I. The molecule has 0 radical (unpaired) electrons. The van der Waals surface area contributed by atoms with E-state index in [1.54, 1.807) is 0 Å². The Labute approximate surface area is 188 Å². The lowest BCUT2D eigenvalue weighted by Crippen LogP contribution is -2.47. The average Bonchev–Trinajstić information content (AvgIpc) is 2.64. The number of thioether (sulfide) groups is 1. The van der Waals surface area contributed by atoms with Crippen molar-refractivity contribution in [2.45, 2.75) is 43.6 Å². The molecule has 1 N–H and O–H groups in total. The fourth-order valence-electron chi connectivity index (χ4n) is 2.97. The van der Waals surface area contributed by atoms with E-state index < -0.39 is 0 Å². The summed E-state index contributed by atoms with van der Waals surface area (Å²) < 4.78 is 6.91. The number of likely N-dealkylation sites (tertiary alicyclic amines) is 1. The number of rotatable bonds is 8. The van der Waals surface area contributed by atoms with Crippen molar-refractivity contribution in [3.05, 3.63) is 28.7 Å². The highest BCUT2D eigenvalue weighted by atomic mass is 127. The summed E-state index contributed by atoms with van der Waals surface area (Å²) in [7, 11) is 1.87. The van der Waals surface area contributed by atoms with E-state index in [0.717, 1.165) is 57.2 Å². The van der Waals surface area contributed by atoms with E-state index in [2.05, 4.69) is 62.3 Å². The number of unbranched alkanes of at least 4 members (excludes halogenated alkanes) is 1. The van der Waals surface area contributed by atoms with E-state index in [9.17, 15) is 0 Å². The Hall–Kier alpha value is 0.01000. The van der Waals surface area contributed by atoms with Gasteiger partial charge in [-0.1, -0.05) is 12.1 Å². The highest BCUT2D eigenvalue weighted by Crippen LogP contribution is 2.27. The fraction of sp³-hybridized carbons (Fsp3) is 0.632. The predicted octanol–water partition coefficient (Wildman–Crippen LogP) is 5.02. The Balaban J connectivity index is 0.00000338. The third-order valence-electron chi connectivity index (χ3n) is 4.30. The highest BCUT2D eigenvalue weighted by molar-refractivity contribution is 14.0. The molecule has 0 aromatic heterocycles. The molecule has 1 fully saturated rings. The quantitative estimate of drug-likeness (QED) is 0.161. The second kappa shape index (κ2) is 14.1. The monoisotopic (exact) mass is 555 g/mol. The van der Waals surface area contributed by atoms with Crippen molar-refractivity contribution >= 4 is 57.6 Å². The molecule has 1 aromatic rings. The zero-order chi connectivity index (χ0) is 17.9. The van der Waals surface area contributed by atoms with Gasteiger partial charge >= 0.3 is 0 Å². The third-order valence-corrected chi connectivity index (χ3v) is 6.42. The van der Waals surface area contributed by atoms with E-state index in [1.807, 2.05) is 18.8 Å². The number of ether oxygens (including phenoxy) is 1. The summed E-state index contributed by atoms with van der Waals surface area (Å²) in [5.41, 5.74) is 0. The first-order valence-corrected chi connectivity index (χ1v) is 11.0. The van der Waals surface area contributed by atoms with Crippen LogP contribution in [0.3, 0.4) is 0 Å². The minimum Gasteiger partial charge on any atom is -0.378 e. The van der Waals surface area contributed by atoms with Crippen LogP contribution in [0.2, 0.25) is 0 Å². The summed E-state index contributed by atoms with van der Waals surface area (Å²) in [5, 5.41) is 3.51. The van der Waals surface area contributed by atoms with Crippen LogP contribution in [-0.2, 0) is 4.74 Å². The van der Waals surface area contributed by atoms with Gasteiger partial charge in [-0.15, -0.1) is 35.7 Å². The van der Waals surface area contributed by atoms with Gasteiger partial charge in [-0.05, 0) is 66.4 Å². The molecule has 0 spiro atoms. The summed E-state index contributed by atoms with van der Waals surface area (Å²) in [6, 6.07) is 8.41. The third kappa shape index (κ3) is 8.35. The van der Waals surface area contributed by atoms with Crippen LogP contribution in [-0.4, -0.2) is 56.0 Å². The molecule has 26 heavy (non-hydrogen) atoms. The van der Waals surface area contributed by atoms with Gasteiger partial charge in [0.15, 0.2) is 5.96 Å². The van der Waals surface area contributed by atoms with Crippen molar-refractivity contribution < 1.29 is 4.74 Å². The smallest absolute Gasteiger partial charge is 0.193 e. The van der Waals surface area contributed by atoms with Crippen LogP contribution in [0.1, 0.15) is 32.6 Å². The molecule has 7 heteroatoms. The lowest BCUT2D eigenvalue weighted by molar-refractivity contribution is 0.0264. The molecular weight excluding hydrogens is 525 g/mol. The summed E-state index contributed by atoms with van der Waals surface area (Å²) >= 11 is 5.52. The zero-order valence-corrected chi connectivity index (χ0v) is 20.5. The van der Waals surface area contributed by atoms with Gasteiger partial charge in [0.2, 0.25) is 0 Å². The van der Waals surface area contributed by atoms with Crippen molar-refractivity contribution in [3.8, 4) is 0 Å². The molecule has 4 nitrogen and oxygen atoms in total. The second-order valence-corrected chi connectivity index (χ2v) is 8.09. The molecule has 1 aliphatic heterocycles. The fourth-order valence-corrected chi connectivity index (χ4v) is 4.55. The number of nitrogens with one attached hydrogen (secondary N) is 1. The van der Waals surface area contributed by atoms with E-state index in [0.29, 0.717) is 6.10 Å².